The monoisotopic (exact) mass is 490 g/mol. The SMILES string of the molecule is Cc1ccccc1NC(=O)N1CCN(C(=O)c2cc3ccsc3n2Cc2ccccc2F)C[C@@H]1C. The summed E-state index contributed by atoms with van der Waals surface area (Å²) >= 11 is 1.54. The maximum Gasteiger partial charge on any atom is 0.322 e. The average molecular weight is 491 g/mol. The van der Waals surface area contributed by atoms with E-state index in [9.17, 15) is 14.0 Å². The Morgan fingerprint density at radius 2 is 1.86 bits per heavy atom. The molecule has 1 saturated heterocycles. The summed E-state index contributed by atoms with van der Waals surface area (Å²) in [4.78, 5) is 31.0. The maximum atomic E-state index is 14.4. The average Bonchev–Trinajstić information content (AvgIpc) is 3.44. The van der Waals surface area contributed by atoms with E-state index in [0.717, 1.165) is 21.5 Å². The molecule has 1 fully saturated rings. The van der Waals surface area contributed by atoms with E-state index in [1.807, 2.05) is 60.2 Å². The molecule has 3 heterocycles. The van der Waals surface area contributed by atoms with Crippen LogP contribution in [0.1, 0.15) is 28.5 Å². The zero-order chi connectivity index (χ0) is 24.5. The van der Waals surface area contributed by atoms with Crippen LogP contribution < -0.4 is 5.32 Å². The molecule has 35 heavy (non-hydrogen) atoms. The van der Waals surface area contributed by atoms with Crippen molar-refractivity contribution < 1.29 is 14.0 Å². The van der Waals surface area contributed by atoms with Crippen molar-refractivity contribution in [2.75, 3.05) is 25.0 Å². The lowest BCUT2D eigenvalue weighted by atomic mass is 10.1. The minimum Gasteiger partial charge on any atom is -0.334 e. The first-order valence-electron chi connectivity index (χ1n) is 11.6. The fourth-order valence-corrected chi connectivity index (χ4v) is 5.51. The highest BCUT2D eigenvalue weighted by molar-refractivity contribution is 7.16. The Bertz CT molecular complexity index is 1390. The summed E-state index contributed by atoms with van der Waals surface area (Å²) in [5.41, 5.74) is 2.87. The topological polar surface area (TPSA) is 57.6 Å². The summed E-state index contributed by atoms with van der Waals surface area (Å²) in [6.45, 7) is 5.49. The Balaban J connectivity index is 1.33. The van der Waals surface area contributed by atoms with E-state index >= 15 is 0 Å². The molecule has 1 N–H and O–H groups in total. The van der Waals surface area contributed by atoms with Gasteiger partial charge in [0.25, 0.3) is 5.91 Å². The number of fused-ring (bicyclic) bond motifs is 1. The molecule has 0 aliphatic carbocycles. The molecule has 2 aromatic heterocycles. The molecule has 0 unspecified atom stereocenters. The first-order chi connectivity index (χ1) is 16.9. The summed E-state index contributed by atoms with van der Waals surface area (Å²) in [6, 6.07) is 17.9. The Morgan fingerprint density at radius 3 is 2.63 bits per heavy atom. The number of thiophene rings is 1. The molecule has 0 bridgehead atoms. The Labute approximate surface area is 207 Å². The number of nitrogens with zero attached hydrogens (tertiary/aromatic N) is 3. The fourth-order valence-electron chi connectivity index (χ4n) is 4.61. The molecule has 0 radical (unpaired) electrons. The van der Waals surface area contributed by atoms with Crippen LogP contribution in [0, 0.1) is 12.7 Å². The fraction of sp³-hybridized carbons (Fsp3) is 0.259. The van der Waals surface area contributed by atoms with E-state index in [1.54, 1.807) is 28.0 Å². The normalized spacial score (nSPS) is 16.0. The second kappa shape index (κ2) is 9.54. The van der Waals surface area contributed by atoms with Crippen molar-refractivity contribution in [3.05, 3.63) is 88.7 Å². The predicted molar refractivity (Wildman–Crippen MR) is 138 cm³/mol. The minimum absolute atomic E-state index is 0.101. The number of hydrogen-bond acceptors (Lipinski definition) is 3. The highest BCUT2D eigenvalue weighted by atomic mass is 32.1. The van der Waals surface area contributed by atoms with Gasteiger partial charge < -0.3 is 19.7 Å². The van der Waals surface area contributed by atoms with Crippen LogP contribution in [0.2, 0.25) is 0 Å². The molecule has 0 spiro atoms. The van der Waals surface area contributed by atoms with Crippen LogP contribution >= 0.6 is 11.3 Å². The van der Waals surface area contributed by atoms with Gasteiger partial charge >= 0.3 is 6.03 Å². The molecule has 1 atom stereocenters. The summed E-state index contributed by atoms with van der Waals surface area (Å²) in [5.74, 6) is -0.387. The number of rotatable bonds is 4. The Kier molecular flexibility index (Phi) is 6.30. The molecule has 3 amide bonds. The number of carbonyl (C=O) groups excluding carboxylic acids is 2. The van der Waals surface area contributed by atoms with Crippen molar-refractivity contribution >= 4 is 39.2 Å². The largest absolute Gasteiger partial charge is 0.334 e. The van der Waals surface area contributed by atoms with Gasteiger partial charge in [0.05, 0.1) is 6.54 Å². The van der Waals surface area contributed by atoms with Gasteiger partial charge in [-0.05, 0) is 49.1 Å². The van der Waals surface area contributed by atoms with E-state index < -0.39 is 0 Å². The Hall–Kier alpha value is -3.65. The number of urea groups is 1. The number of benzene rings is 2. The summed E-state index contributed by atoms with van der Waals surface area (Å²) in [7, 11) is 0. The molecular formula is C27H27FN4O2S. The number of amides is 3. The van der Waals surface area contributed by atoms with Crippen LogP contribution in [-0.4, -0.2) is 52.0 Å². The van der Waals surface area contributed by atoms with Gasteiger partial charge in [-0.25, -0.2) is 9.18 Å². The third-order valence-corrected chi connectivity index (χ3v) is 7.52. The quantitative estimate of drug-likeness (QED) is 0.406. The van der Waals surface area contributed by atoms with Crippen molar-refractivity contribution in [3.8, 4) is 0 Å². The molecule has 1 aliphatic rings. The van der Waals surface area contributed by atoms with Crippen LogP contribution in [-0.2, 0) is 6.54 Å². The third kappa shape index (κ3) is 4.53. The number of hydrogen-bond donors (Lipinski definition) is 1. The smallest absolute Gasteiger partial charge is 0.322 e. The van der Waals surface area contributed by atoms with E-state index in [4.69, 9.17) is 0 Å². The minimum atomic E-state index is -0.286. The number of carbonyl (C=O) groups is 2. The van der Waals surface area contributed by atoms with Crippen molar-refractivity contribution in [3.63, 3.8) is 0 Å². The van der Waals surface area contributed by atoms with Crippen LogP contribution in [0.4, 0.5) is 14.9 Å². The lowest BCUT2D eigenvalue weighted by Gasteiger charge is -2.39. The molecule has 2 aromatic carbocycles. The number of piperazine rings is 1. The van der Waals surface area contributed by atoms with Crippen molar-refractivity contribution in [2.45, 2.75) is 26.4 Å². The number of aryl methyl sites for hydroxylation is 1. The van der Waals surface area contributed by atoms with E-state index in [2.05, 4.69) is 5.32 Å². The summed E-state index contributed by atoms with van der Waals surface area (Å²) < 4.78 is 16.3. The van der Waals surface area contributed by atoms with E-state index in [1.165, 1.54) is 17.4 Å². The van der Waals surface area contributed by atoms with Crippen molar-refractivity contribution in [1.82, 2.24) is 14.4 Å². The summed E-state index contributed by atoms with van der Waals surface area (Å²) in [6.07, 6.45) is 0. The van der Waals surface area contributed by atoms with E-state index in [-0.39, 0.29) is 30.3 Å². The van der Waals surface area contributed by atoms with Crippen LogP contribution in [0.25, 0.3) is 10.2 Å². The highest BCUT2D eigenvalue weighted by Crippen LogP contribution is 2.28. The molecule has 5 rings (SSSR count). The number of nitrogens with one attached hydrogen (secondary N) is 1. The van der Waals surface area contributed by atoms with Gasteiger partial charge in [-0.3, -0.25) is 4.79 Å². The van der Waals surface area contributed by atoms with Crippen LogP contribution in [0.15, 0.2) is 66.0 Å². The zero-order valence-electron chi connectivity index (χ0n) is 19.7. The van der Waals surface area contributed by atoms with E-state index in [0.29, 0.717) is 30.9 Å². The molecule has 180 valence electrons. The second-order valence-electron chi connectivity index (χ2n) is 8.93. The molecule has 8 heteroatoms. The van der Waals surface area contributed by atoms with Gasteiger partial charge in [-0.2, -0.15) is 0 Å². The van der Waals surface area contributed by atoms with Crippen LogP contribution in [0.3, 0.4) is 0 Å². The van der Waals surface area contributed by atoms with Gasteiger partial charge in [-0.1, -0.05) is 36.4 Å². The lowest BCUT2D eigenvalue weighted by molar-refractivity contribution is 0.0583. The van der Waals surface area contributed by atoms with Gasteiger partial charge in [0.1, 0.15) is 16.3 Å². The van der Waals surface area contributed by atoms with Crippen molar-refractivity contribution in [1.29, 1.82) is 0 Å². The lowest BCUT2D eigenvalue weighted by Crippen LogP contribution is -2.56. The first-order valence-corrected chi connectivity index (χ1v) is 12.5. The zero-order valence-corrected chi connectivity index (χ0v) is 20.5. The third-order valence-electron chi connectivity index (χ3n) is 6.57. The van der Waals surface area contributed by atoms with Gasteiger partial charge in [0, 0.05) is 42.3 Å². The molecule has 0 saturated carbocycles. The first kappa shape index (κ1) is 23.1. The second-order valence-corrected chi connectivity index (χ2v) is 9.82. The van der Waals surface area contributed by atoms with Crippen LogP contribution in [0.5, 0.6) is 0 Å². The van der Waals surface area contributed by atoms with Gasteiger partial charge in [0.15, 0.2) is 0 Å². The standard InChI is InChI=1S/C27H27FN4O2S/c1-18-7-3-6-10-23(18)29-27(34)31-13-12-30(16-19(31)2)25(33)24-15-20-11-14-35-26(20)32(24)17-21-8-4-5-9-22(21)28/h3-11,14-15,19H,12-13,16-17H2,1-2H3,(H,29,34)/t19-/m0/s1. The maximum absolute atomic E-state index is 14.4. The van der Waals surface area contributed by atoms with Gasteiger partial charge in [-0.15, -0.1) is 11.3 Å². The van der Waals surface area contributed by atoms with Crippen molar-refractivity contribution in [2.24, 2.45) is 0 Å². The molecule has 1 aliphatic heterocycles. The number of halogens is 1. The van der Waals surface area contributed by atoms with Gasteiger partial charge in [0.2, 0.25) is 0 Å². The Morgan fingerprint density at radius 1 is 1.09 bits per heavy atom. The number of aromatic nitrogens is 1. The predicted octanol–water partition coefficient (Wildman–Crippen LogP) is 5.58. The molecule has 4 aromatic rings. The number of anilines is 1. The number of para-hydroxylation sites is 1. The molecular weight excluding hydrogens is 463 g/mol. The highest BCUT2D eigenvalue weighted by Gasteiger charge is 2.32. The summed E-state index contributed by atoms with van der Waals surface area (Å²) in [5, 5.41) is 5.94. The molecule has 6 nitrogen and oxygen atoms in total.